The van der Waals surface area contributed by atoms with Crippen molar-refractivity contribution in [3.05, 3.63) is 30.1 Å². The van der Waals surface area contributed by atoms with E-state index in [0.29, 0.717) is 25.4 Å². The van der Waals surface area contributed by atoms with E-state index in [1.165, 1.54) is 28.9 Å². The molecule has 2 heterocycles. The molecular weight excluding hydrogens is 369 g/mol. The summed E-state index contributed by atoms with van der Waals surface area (Å²) in [6, 6.07) is 5.81. The molecule has 2 aliphatic rings. The van der Waals surface area contributed by atoms with Crippen molar-refractivity contribution in [2.45, 2.75) is 43.5 Å². The molecule has 0 radical (unpaired) electrons. The van der Waals surface area contributed by atoms with Crippen LogP contribution >= 0.6 is 0 Å². The van der Waals surface area contributed by atoms with Gasteiger partial charge >= 0.3 is 0 Å². The van der Waals surface area contributed by atoms with E-state index in [2.05, 4.69) is 17.1 Å². The van der Waals surface area contributed by atoms with Crippen LogP contribution in [0.2, 0.25) is 0 Å². The number of piperidine rings is 1. The number of carbonyl (C=O) groups excluding carboxylic acids is 1. The van der Waals surface area contributed by atoms with Gasteiger partial charge in [0, 0.05) is 31.6 Å². The first-order valence-corrected chi connectivity index (χ1v) is 11.1. The molecule has 27 heavy (non-hydrogen) atoms. The summed E-state index contributed by atoms with van der Waals surface area (Å²) in [6.07, 6.45) is 3.19. The zero-order chi connectivity index (χ0) is 19.4. The molecule has 0 bridgehead atoms. The summed E-state index contributed by atoms with van der Waals surface area (Å²) in [5.74, 6) is -0.927. The monoisotopic (exact) mass is 397 g/mol. The Hall–Kier alpha value is -1.51. The van der Waals surface area contributed by atoms with Crippen molar-refractivity contribution < 1.29 is 17.6 Å². The van der Waals surface area contributed by atoms with Gasteiger partial charge in [-0.15, -0.1) is 0 Å². The number of likely N-dealkylation sites (tertiary alicyclic amines) is 1. The molecule has 2 aliphatic heterocycles. The number of likely N-dealkylation sites (N-methyl/N-ethyl adjacent to an activating group) is 1. The van der Waals surface area contributed by atoms with Gasteiger partial charge < -0.3 is 5.32 Å². The van der Waals surface area contributed by atoms with Crippen molar-refractivity contribution >= 4 is 15.9 Å². The number of nitrogens with zero attached hydrogens (tertiary/aromatic N) is 2. The number of halogens is 1. The van der Waals surface area contributed by atoms with Gasteiger partial charge in [-0.25, -0.2) is 12.8 Å². The van der Waals surface area contributed by atoms with Crippen LogP contribution in [-0.4, -0.2) is 62.3 Å². The van der Waals surface area contributed by atoms with Crippen LogP contribution < -0.4 is 5.32 Å². The van der Waals surface area contributed by atoms with Gasteiger partial charge in [-0.1, -0.05) is 19.1 Å². The van der Waals surface area contributed by atoms with Crippen molar-refractivity contribution in [1.29, 1.82) is 0 Å². The van der Waals surface area contributed by atoms with Crippen molar-refractivity contribution in [2.24, 2.45) is 5.92 Å². The Balaban J connectivity index is 1.52. The van der Waals surface area contributed by atoms with Gasteiger partial charge in [0.15, 0.2) is 0 Å². The summed E-state index contributed by atoms with van der Waals surface area (Å²) in [5, 5.41) is 3.04. The first-order chi connectivity index (χ1) is 12.9. The minimum atomic E-state index is -3.86. The third kappa shape index (κ3) is 4.50. The highest BCUT2D eigenvalue weighted by molar-refractivity contribution is 7.89. The van der Waals surface area contributed by atoms with Crippen LogP contribution in [-0.2, 0) is 14.8 Å². The van der Waals surface area contributed by atoms with Gasteiger partial charge in [-0.05, 0) is 50.9 Å². The maximum atomic E-state index is 13.9. The maximum absolute atomic E-state index is 13.9. The van der Waals surface area contributed by atoms with E-state index in [4.69, 9.17) is 0 Å². The summed E-state index contributed by atoms with van der Waals surface area (Å²) < 4.78 is 40.4. The number of benzene rings is 1. The summed E-state index contributed by atoms with van der Waals surface area (Å²) in [7, 11) is -3.86. The summed E-state index contributed by atoms with van der Waals surface area (Å²) >= 11 is 0. The zero-order valence-electron chi connectivity index (χ0n) is 15.7. The molecule has 2 saturated heterocycles. The number of sulfonamides is 1. The van der Waals surface area contributed by atoms with Gasteiger partial charge in [0.1, 0.15) is 10.7 Å². The first-order valence-electron chi connectivity index (χ1n) is 9.70. The van der Waals surface area contributed by atoms with Gasteiger partial charge in [-0.3, -0.25) is 9.69 Å². The third-order valence-electron chi connectivity index (χ3n) is 5.70. The minimum absolute atomic E-state index is 0.000827. The SMILES string of the molecule is CCN1CCC[C@@H]1CNC(=O)C1CCN(S(=O)(=O)c2ccccc2F)CC1. The second-order valence-corrected chi connectivity index (χ2v) is 9.18. The fourth-order valence-corrected chi connectivity index (χ4v) is 5.59. The second kappa shape index (κ2) is 8.67. The smallest absolute Gasteiger partial charge is 0.245 e. The Kier molecular flexibility index (Phi) is 6.49. The molecule has 0 saturated carbocycles. The van der Waals surface area contributed by atoms with Crippen LogP contribution in [0.15, 0.2) is 29.2 Å². The van der Waals surface area contributed by atoms with Crippen molar-refractivity contribution in [1.82, 2.24) is 14.5 Å². The van der Waals surface area contributed by atoms with Crippen molar-refractivity contribution in [3.8, 4) is 0 Å². The number of amides is 1. The predicted octanol–water partition coefficient (Wildman–Crippen LogP) is 1.83. The van der Waals surface area contributed by atoms with E-state index in [1.807, 2.05) is 0 Å². The first kappa shape index (κ1) is 20.2. The molecule has 0 aromatic heterocycles. The van der Waals surface area contributed by atoms with Gasteiger partial charge in [0.25, 0.3) is 0 Å². The highest BCUT2D eigenvalue weighted by Crippen LogP contribution is 2.25. The lowest BCUT2D eigenvalue weighted by Gasteiger charge is -2.31. The second-order valence-electron chi connectivity index (χ2n) is 7.28. The molecule has 1 aromatic carbocycles. The molecule has 1 N–H and O–H groups in total. The topological polar surface area (TPSA) is 69.7 Å². The van der Waals surface area contributed by atoms with Crippen LogP contribution in [0.4, 0.5) is 4.39 Å². The quantitative estimate of drug-likeness (QED) is 0.795. The molecule has 0 unspecified atom stereocenters. The van der Waals surface area contributed by atoms with Crippen LogP contribution in [0.25, 0.3) is 0 Å². The number of hydrogen-bond donors (Lipinski definition) is 1. The number of nitrogens with one attached hydrogen (secondary N) is 1. The molecule has 0 spiro atoms. The number of carbonyl (C=O) groups is 1. The molecule has 8 heteroatoms. The average molecular weight is 398 g/mol. The Morgan fingerprint density at radius 1 is 1.19 bits per heavy atom. The van der Waals surface area contributed by atoms with Crippen LogP contribution in [0, 0.1) is 11.7 Å². The van der Waals surface area contributed by atoms with E-state index in [1.54, 1.807) is 0 Å². The summed E-state index contributed by atoms with van der Waals surface area (Å²) in [5.41, 5.74) is 0. The largest absolute Gasteiger partial charge is 0.354 e. The van der Waals surface area contributed by atoms with Gasteiger partial charge in [0.05, 0.1) is 0 Å². The third-order valence-corrected chi connectivity index (χ3v) is 7.63. The van der Waals surface area contributed by atoms with Crippen LogP contribution in [0.1, 0.15) is 32.6 Å². The fourth-order valence-electron chi connectivity index (χ4n) is 4.06. The predicted molar refractivity (Wildman–Crippen MR) is 101 cm³/mol. The standard InChI is InChI=1S/C19H28FN3O3S/c1-2-22-11-5-6-16(22)14-21-19(24)15-9-12-23(13-10-15)27(25,26)18-8-4-3-7-17(18)20/h3-4,7-8,15-16H,2,5-6,9-14H2,1H3,(H,21,24)/t16-/m1/s1. The van der Waals surface area contributed by atoms with Crippen molar-refractivity contribution in [2.75, 3.05) is 32.7 Å². The highest BCUT2D eigenvalue weighted by atomic mass is 32.2. The molecule has 150 valence electrons. The van der Waals surface area contributed by atoms with Crippen LogP contribution in [0.3, 0.4) is 0 Å². The molecule has 2 fully saturated rings. The molecule has 1 amide bonds. The highest BCUT2D eigenvalue weighted by Gasteiger charge is 2.33. The lowest BCUT2D eigenvalue weighted by Crippen LogP contribution is -2.46. The zero-order valence-corrected chi connectivity index (χ0v) is 16.5. The minimum Gasteiger partial charge on any atom is -0.354 e. The summed E-state index contributed by atoms with van der Waals surface area (Å²) in [4.78, 5) is 14.6. The van der Waals surface area contributed by atoms with Gasteiger partial charge in [-0.2, -0.15) is 4.31 Å². The molecule has 0 aliphatic carbocycles. The van der Waals surface area contributed by atoms with E-state index >= 15 is 0 Å². The lowest BCUT2D eigenvalue weighted by atomic mass is 9.97. The molecule has 1 aromatic rings. The van der Waals surface area contributed by atoms with E-state index in [-0.39, 0.29) is 29.8 Å². The maximum Gasteiger partial charge on any atom is 0.245 e. The van der Waals surface area contributed by atoms with Crippen LogP contribution in [0.5, 0.6) is 0 Å². The number of hydrogen-bond acceptors (Lipinski definition) is 4. The number of rotatable bonds is 6. The molecule has 3 rings (SSSR count). The molecule has 6 nitrogen and oxygen atoms in total. The Morgan fingerprint density at radius 3 is 2.56 bits per heavy atom. The molecular formula is C19H28FN3O3S. The average Bonchev–Trinajstić information content (AvgIpc) is 3.14. The normalized spacial score (nSPS) is 22.8. The lowest BCUT2D eigenvalue weighted by molar-refractivity contribution is -0.126. The molecule has 1 atom stereocenters. The van der Waals surface area contributed by atoms with Gasteiger partial charge in [0.2, 0.25) is 15.9 Å². The van der Waals surface area contributed by atoms with E-state index < -0.39 is 15.8 Å². The van der Waals surface area contributed by atoms with Crippen molar-refractivity contribution in [3.63, 3.8) is 0 Å². The Labute approximate surface area is 160 Å². The Bertz CT molecular complexity index is 763. The summed E-state index contributed by atoms with van der Waals surface area (Å²) in [6.45, 7) is 5.33. The fraction of sp³-hybridized carbons (Fsp3) is 0.632. The van der Waals surface area contributed by atoms with E-state index in [0.717, 1.165) is 25.6 Å². The Morgan fingerprint density at radius 2 is 1.89 bits per heavy atom. The van der Waals surface area contributed by atoms with E-state index in [9.17, 15) is 17.6 Å².